The molecule has 1 atom stereocenters. The van der Waals surface area contributed by atoms with Crippen LogP contribution in [0.25, 0.3) is 10.9 Å². The van der Waals surface area contributed by atoms with Crippen molar-refractivity contribution < 1.29 is 4.74 Å². The van der Waals surface area contributed by atoms with Gasteiger partial charge in [0.1, 0.15) is 0 Å². The minimum atomic E-state index is 0.0516. The molecule has 3 nitrogen and oxygen atoms in total. The van der Waals surface area contributed by atoms with E-state index in [1.54, 1.807) is 7.11 Å². The predicted molar refractivity (Wildman–Crippen MR) is 146 cm³/mol. The summed E-state index contributed by atoms with van der Waals surface area (Å²) in [4.78, 5) is 7.10. The Balaban J connectivity index is 1.85. The van der Waals surface area contributed by atoms with Crippen molar-refractivity contribution in [2.45, 2.75) is 18.8 Å². The van der Waals surface area contributed by atoms with Crippen LogP contribution in [-0.2, 0) is 6.42 Å². The monoisotopic (exact) mass is 514 g/mol. The van der Waals surface area contributed by atoms with Crippen LogP contribution in [0.4, 0.5) is 0 Å². The molecule has 4 rings (SSSR count). The zero-order chi connectivity index (χ0) is 23.9. The van der Waals surface area contributed by atoms with E-state index in [4.69, 9.17) is 9.72 Å². The summed E-state index contributed by atoms with van der Waals surface area (Å²) in [6, 6.07) is 29.8. The van der Waals surface area contributed by atoms with Gasteiger partial charge in [-0.15, -0.1) is 0 Å². The Morgan fingerprint density at radius 1 is 0.971 bits per heavy atom. The van der Waals surface area contributed by atoms with Crippen molar-refractivity contribution >= 4 is 26.8 Å². The molecule has 0 bridgehead atoms. The Bertz CT molecular complexity index is 1250. The molecule has 0 aliphatic heterocycles. The molecule has 0 radical (unpaired) electrons. The van der Waals surface area contributed by atoms with E-state index in [-0.39, 0.29) is 5.92 Å². The fraction of sp³-hybridized carbons (Fsp3) is 0.233. The number of hydrogen-bond donors (Lipinski definition) is 0. The molecule has 4 aromatic rings. The molecule has 1 heterocycles. The summed E-state index contributed by atoms with van der Waals surface area (Å²) in [5.74, 6) is 0.731. The Morgan fingerprint density at radius 3 is 2.35 bits per heavy atom. The number of pyridine rings is 1. The van der Waals surface area contributed by atoms with Gasteiger partial charge in [0.2, 0.25) is 5.88 Å². The van der Waals surface area contributed by atoms with Crippen LogP contribution in [0.1, 0.15) is 29.0 Å². The predicted octanol–water partition coefficient (Wildman–Crippen LogP) is 7.26. The highest BCUT2D eigenvalue weighted by Gasteiger charge is 2.24. The summed E-state index contributed by atoms with van der Waals surface area (Å²) in [5, 5.41) is 1.10. The first kappa shape index (κ1) is 24.2. The fourth-order valence-corrected chi connectivity index (χ4v) is 4.73. The zero-order valence-corrected chi connectivity index (χ0v) is 21.6. The van der Waals surface area contributed by atoms with Crippen molar-refractivity contribution in [3.8, 4) is 5.88 Å². The number of aromatic nitrogens is 1. The van der Waals surface area contributed by atoms with Crippen LogP contribution < -0.4 is 4.74 Å². The van der Waals surface area contributed by atoms with Crippen LogP contribution in [-0.4, -0.2) is 37.6 Å². The topological polar surface area (TPSA) is 25.4 Å². The number of aryl methyl sites for hydroxylation is 1. The summed E-state index contributed by atoms with van der Waals surface area (Å²) >= 11 is 3.62. The minimum Gasteiger partial charge on any atom is -0.481 e. The van der Waals surface area contributed by atoms with Crippen molar-refractivity contribution in [2.24, 2.45) is 0 Å². The summed E-state index contributed by atoms with van der Waals surface area (Å²) in [7, 11) is 5.93. The smallest absolute Gasteiger partial charge is 0.217 e. The maximum absolute atomic E-state index is 5.86. The van der Waals surface area contributed by atoms with Gasteiger partial charge in [0, 0.05) is 27.9 Å². The van der Waals surface area contributed by atoms with Crippen LogP contribution in [0.5, 0.6) is 5.88 Å². The zero-order valence-electron chi connectivity index (χ0n) is 20.0. The summed E-state index contributed by atoms with van der Waals surface area (Å²) < 4.78 is 6.91. The molecule has 1 aromatic heterocycles. The SMILES string of the molecule is COc1nc2ccc(Br)cc2cc1C(/C(=C/CN(C)C)CCc1ccccc1)c1ccccc1. The third kappa shape index (κ3) is 5.94. The molecule has 0 N–H and O–H groups in total. The molecule has 0 amide bonds. The number of benzene rings is 3. The molecule has 174 valence electrons. The number of nitrogens with zero attached hydrogens (tertiary/aromatic N) is 2. The number of rotatable bonds is 9. The number of allylic oxidation sites excluding steroid dienone is 1. The highest BCUT2D eigenvalue weighted by atomic mass is 79.9. The summed E-state index contributed by atoms with van der Waals surface area (Å²) in [6.45, 7) is 0.877. The Labute approximate surface area is 211 Å². The summed E-state index contributed by atoms with van der Waals surface area (Å²) in [6.07, 6.45) is 4.32. The van der Waals surface area contributed by atoms with Crippen LogP contribution in [0.3, 0.4) is 0 Å². The second-order valence-electron chi connectivity index (χ2n) is 8.79. The number of methoxy groups -OCH3 is 1. The van der Waals surface area contributed by atoms with Crippen molar-refractivity contribution in [1.29, 1.82) is 0 Å². The Morgan fingerprint density at radius 2 is 1.68 bits per heavy atom. The average Bonchev–Trinajstić information content (AvgIpc) is 2.86. The highest BCUT2D eigenvalue weighted by Crippen LogP contribution is 2.40. The van der Waals surface area contributed by atoms with Gasteiger partial charge in [-0.1, -0.05) is 88.2 Å². The lowest BCUT2D eigenvalue weighted by Gasteiger charge is -2.25. The van der Waals surface area contributed by atoms with Gasteiger partial charge in [-0.25, -0.2) is 4.98 Å². The first-order valence-corrected chi connectivity index (χ1v) is 12.4. The molecule has 0 aliphatic carbocycles. The van der Waals surface area contributed by atoms with Gasteiger partial charge in [-0.2, -0.15) is 0 Å². The van der Waals surface area contributed by atoms with E-state index in [9.17, 15) is 0 Å². The van der Waals surface area contributed by atoms with Crippen LogP contribution >= 0.6 is 15.9 Å². The van der Waals surface area contributed by atoms with E-state index in [1.165, 1.54) is 16.7 Å². The van der Waals surface area contributed by atoms with Crippen molar-refractivity contribution in [2.75, 3.05) is 27.7 Å². The van der Waals surface area contributed by atoms with Crippen LogP contribution in [0.2, 0.25) is 0 Å². The number of fused-ring (bicyclic) bond motifs is 1. The van der Waals surface area contributed by atoms with Gasteiger partial charge in [0.15, 0.2) is 0 Å². The molecule has 0 spiro atoms. The van der Waals surface area contributed by atoms with E-state index in [2.05, 4.69) is 114 Å². The molecular formula is C30H31BrN2O. The van der Waals surface area contributed by atoms with Gasteiger partial charge >= 0.3 is 0 Å². The van der Waals surface area contributed by atoms with Gasteiger partial charge < -0.3 is 9.64 Å². The van der Waals surface area contributed by atoms with E-state index in [0.717, 1.165) is 40.3 Å². The van der Waals surface area contributed by atoms with E-state index in [1.807, 2.05) is 12.1 Å². The first-order valence-electron chi connectivity index (χ1n) is 11.6. The molecule has 0 saturated carbocycles. The van der Waals surface area contributed by atoms with Gasteiger partial charge in [-0.3, -0.25) is 0 Å². The third-order valence-corrected chi connectivity index (χ3v) is 6.53. The second kappa shape index (κ2) is 11.5. The number of ether oxygens (including phenoxy) is 1. The van der Waals surface area contributed by atoms with E-state index < -0.39 is 0 Å². The lowest BCUT2D eigenvalue weighted by Crippen LogP contribution is -2.14. The summed E-state index contributed by atoms with van der Waals surface area (Å²) in [5.41, 5.74) is 5.99. The molecule has 3 aromatic carbocycles. The lowest BCUT2D eigenvalue weighted by molar-refractivity contribution is 0.393. The fourth-order valence-electron chi connectivity index (χ4n) is 4.35. The van der Waals surface area contributed by atoms with E-state index in [0.29, 0.717) is 5.88 Å². The minimum absolute atomic E-state index is 0.0516. The number of halogens is 1. The molecule has 1 unspecified atom stereocenters. The van der Waals surface area contributed by atoms with Crippen molar-refractivity contribution in [3.63, 3.8) is 0 Å². The number of likely N-dealkylation sites (N-methyl/N-ethyl adjacent to an activating group) is 1. The van der Waals surface area contributed by atoms with Crippen LogP contribution in [0, 0.1) is 0 Å². The quantitative estimate of drug-likeness (QED) is 0.220. The largest absolute Gasteiger partial charge is 0.481 e. The lowest BCUT2D eigenvalue weighted by atomic mass is 9.82. The van der Waals surface area contributed by atoms with Gasteiger partial charge in [0.05, 0.1) is 12.6 Å². The maximum atomic E-state index is 5.86. The molecular weight excluding hydrogens is 484 g/mol. The molecule has 4 heteroatoms. The third-order valence-electron chi connectivity index (χ3n) is 6.04. The average molecular weight is 515 g/mol. The maximum Gasteiger partial charge on any atom is 0.217 e. The highest BCUT2D eigenvalue weighted by molar-refractivity contribution is 9.10. The van der Waals surface area contributed by atoms with Crippen molar-refractivity contribution in [3.05, 3.63) is 118 Å². The van der Waals surface area contributed by atoms with Crippen LogP contribution in [0.15, 0.2) is 101 Å². The van der Waals surface area contributed by atoms with Gasteiger partial charge in [0.25, 0.3) is 0 Å². The first-order chi connectivity index (χ1) is 16.5. The standard InChI is InChI=1S/C30H31BrN2O/c1-33(2)19-18-24(15-14-22-10-6-4-7-11-22)29(23-12-8-5-9-13-23)27-21-25-20-26(31)16-17-28(25)32-30(27)34-3/h4-13,16-18,20-21,29H,14-15,19H2,1-3H3/b24-18+. The van der Waals surface area contributed by atoms with Crippen molar-refractivity contribution in [1.82, 2.24) is 9.88 Å². The molecule has 0 fully saturated rings. The molecule has 0 saturated heterocycles. The number of hydrogen-bond acceptors (Lipinski definition) is 3. The Hall–Kier alpha value is -2.95. The normalized spacial score (nSPS) is 12.8. The van der Waals surface area contributed by atoms with E-state index >= 15 is 0 Å². The van der Waals surface area contributed by atoms with Gasteiger partial charge in [-0.05, 0) is 62.3 Å². The second-order valence-corrected chi connectivity index (χ2v) is 9.71. The Kier molecular flexibility index (Phi) is 8.15. The molecule has 34 heavy (non-hydrogen) atoms. The molecule has 0 aliphatic rings.